The van der Waals surface area contributed by atoms with Gasteiger partial charge in [-0.3, -0.25) is 0 Å². The zero-order valence-electron chi connectivity index (χ0n) is 7.83. The fraction of sp³-hybridized carbons (Fsp3) is 0.333. The van der Waals surface area contributed by atoms with Crippen molar-refractivity contribution in [3.05, 3.63) is 23.5 Å². The summed E-state index contributed by atoms with van der Waals surface area (Å²) in [6.45, 7) is 1.87. The van der Waals surface area contributed by atoms with Gasteiger partial charge in [0.25, 0.3) is 0 Å². The third kappa shape index (κ3) is 1.96. The predicted octanol–water partition coefficient (Wildman–Crippen LogP) is 1.19. The van der Waals surface area contributed by atoms with Crippen LogP contribution in [-0.4, -0.2) is 25.2 Å². The molecule has 0 amide bonds. The minimum atomic E-state index is -0.489. The van der Waals surface area contributed by atoms with Crippen molar-refractivity contribution in [1.82, 2.24) is 4.98 Å². The molecule has 1 rings (SSSR count). The van der Waals surface area contributed by atoms with Crippen molar-refractivity contribution in [3.8, 4) is 5.75 Å². The van der Waals surface area contributed by atoms with Gasteiger partial charge >= 0.3 is 5.97 Å². The Morgan fingerprint density at radius 3 is 2.69 bits per heavy atom. The van der Waals surface area contributed by atoms with Crippen LogP contribution in [0.15, 0.2) is 12.3 Å². The molecule has 0 saturated heterocycles. The fourth-order valence-corrected chi connectivity index (χ4v) is 0.948. The number of esters is 1. The average Bonchev–Trinajstić information content (AvgIpc) is 2.16. The molecule has 1 aromatic heterocycles. The molecule has 0 saturated carbocycles. The summed E-state index contributed by atoms with van der Waals surface area (Å²) >= 11 is 0. The van der Waals surface area contributed by atoms with Gasteiger partial charge in [-0.05, 0) is 18.6 Å². The highest BCUT2D eigenvalue weighted by molar-refractivity contribution is 5.90. The van der Waals surface area contributed by atoms with Gasteiger partial charge in [-0.1, -0.05) is 0 Å². The van der Waals surface area contributed by atoms with E-state index in [1.165, 1.54) is 14.2 Å². The first-order valence-corrected chi connectivity index (χ1v) is 3.78. The van der Waals surface area contributed by atoms with E-state index in [-0.39, 0.29) is 5.69 Å². The van der Waals surface area contributed by atoms with Gasteiger partial charge in [-0.25, -0.2) is 9.78 Å². The number of carbonyl (C=O) groups excluding carboxylic acids is 1. The second-order valence-electron chi connectivity index (χ2n) is 2.56. The number of pyridine rings is 1. The van der Waals surface area contributed by atoms with Crippen LogP contribution in [0, 0.1) is 6.92 Å². The second kappa shape index (κ2) is 3.89. The third-order valence-electron chi connectivity index (χ3n) is 1.59. The summed E-state index contributed by atoms with van der Waals surface area (Å²) in [5.74, 6) is -0.0521. The van der Waals surface area contributed by atoms with Crippen molar-refractivity contribution in [2.24, 2.45) is 0 Å². The number of aryl methyl sites for hydroxylation is 1. The predicted molar refractivity (Wildman–Crippen MR) is 46.9 cm³/mol. The van der Waals surface area contributed by atoms with E-state index in [1.54, 1.807) is 12.3 Å². The molecule has 4 heteroatoms. The molecule has 0 aliphatic carbocycles. The average molecular weight is 181 g/mol. The SMILES string of the molecule is COC(=O)c1ncc(C)cc1OC. The van der Waals surface area contributed by atoms with Gasteiger partial charge in [-0.2, -0.15) is 0 Å². The van der Waals surface area contributed by atoms with E-state index >= 15 is 0 Å². The summed E-state index contributed by atoms with van der Waals surface area (Å²) in [4.78, 5) is 15.1. The van der Waals surface area contributed by atoms with E-state index < -0.39 is 5.97 Å². The molecular formula is C9H11NO3. The number of carbonyl (C=O) groups is 1. The van der Waals surface area contributed by atoms with Crippen LogP contribution in [0.1, 0.15) is 16.1 Å². The summed E-state index contributed by atoms with van der Waals surface area (Å²) in [6, 6.07) is 1.74. The Hall–Kier alpha value is -1.58. The lowest BCUT2D eigenvalue weighted by atomic mass is 10.2. The molecule has 0 radical (unpaired) electrons. The normalized spacial score (nSPS) is 9.46. The molecule has 0 N–H and O–H groups in total. The van der Waals surface area contributed by atoms with E-state index in [1.807, 2.05) is 6.92 Å². The van der Waals surface area contributed by atoms with Crippen LogP contribution in [0.4, 0.5) is 0 Å². The molecule has 1 aromatic rings. The van der Waals surface area contributed by atoms with Crippen LogP contribution < -0.4 is 4.74 Å². The van der Waals surface area contributed by atoms with Crippen molar-refractivity contribution < 1.29 is 14.3 Å². The fourth-order valence-electron chi connectivity index (χ4n) is 0.948. The smallest absolute Gasteiger partial charge is 0.360 e. The van der Waals surface area contributed by atoms with Gasteiger partial charge in [0.15, 0.2) is 11.4 Å². The molecule has 0 unspecified atom stereocenters. The largest absolute Gasteiger partial charge is 0.494 e. The summed E-state index contributed by atoms with van der Waals surface area (Å²) in [5, 5.41) is 0. The van der Waals surface area contributed by atoms with E-state index in [4.69, 9.17) is 4.74 Å². The van der Waals surface area contributed by atoms with E-state index in [9.17, 15) is 4.79 Å². The van der Waals surface area contributed by atoms with Gasteiger partial charge in [-0.15, -0.1) is 0 Å². The van der Waals surface area contributed by atoms with Crippen molar-refractivity contribution in [1.29, 1.82) is 0 Å². The maximum atomic E-state index is 11.1. The summed E-state index contributed by atoms with van der Waals surface area (Å²) in [5.41, 5.74) is 1.14. The Balaban J connectivity index is 3.13. The highest BCUT2D eigenvalue weighted by atomic mass is 16.5. The van der Waals surface area contributed by atoms with Crippen LogP contribution in [-0.2, 0) is 4.74 Å². The third-order valence-corrected chi connectivity index (χ3v) is 1.59. The number of methoxy groups -OCH3 is 2. The lowest BCUT2D eigenvalue weighted by Gasteiger charge is -2.05. The summed E-state index contributed by atoms with van der Waals surface area (Å²) in [7, 11) is 2.80. The molecule has 1 heterocycles. The first kappa shape index (κ1) is 9.51. The maximum absolute atomic E-state index is 11.1. The topological polar surface area (TPSA) is 48.4 Å². The van der Waals surface area contributed by atoms with Crippen LogP contribution in [0.25, 0.3) is 0 Å². The lowest BCUT2D eigenvalue weighted by molar-refractivity contribution is 0.0590. The highest BCUT2D eigenvalue weighted by Crippen LogP contribution is 2.17. The standard InChI is InChI=1S/C9H11NO3/c1-6-4-7(12-2)8(10-5-6)9(11)13-3/h4-5H,1-3H3. The van der Waals surface area contributed by atoms with Crippen molar-refractivity contribution in [2.75, 3.05) is 14.2 Å². The Kier molecular flexibility index (Phi) is 2.84. The van der Waals surface area contributed by atoms with Crippen molar-refractivity contribution in [2.45, 2.75) is 6.92 Å². The van der Waals surface area contributed by atoms with Crippen LogP contribution >= 0.6 is 0 Å². The van der Waals surface area contributed by atoms with Crippen LogP contribution in [0.5, 0.6) is 5.75 Å². The van der Waals surface area contributed by atoms with Crippen LogP contribution in [0.3, 0.4) is 0 Å². The number of hydrogen-bond acceptors (Lipinski definition) is 4. The lowest BCUT2D eigenvalue weighted by Crippen LogP contribution is -2.06. The minimum absolute atomic E-state index is 0.204. The Morgan fingerprint density at radius 2 is 2.15 bits per heavy atom. The van der Waals surface area contributed by atoms with Crippen LogP contribution in [0.2, 0.25) is 0 Å². The van der Waals surface area contributed by atoms with E-state index in [0.29, 0.717) is 5.75 Å². The van der Waals surface area contributed by atoms with Crippen molar-refractivity contribution in [3.63, 3.8) is 0 Å². The molecule has 0 aliphatic rings. The Bertz CT molecular complexity index is 323. The zero-order chi connectivity index (χ0) is 9.84. The molecule has 13 heavy (non-hydrogen) atoms. The molecule has 4 nitrogen and oxygen atoms in total. The number of rotatable bonds is 2. The van der Waals surface area contributed by atoms with Gasteiger partial charge in [0, 0.05) is 6.20 Å². The Labute approximate surface area is 76.5 Å². The molecular weight excluding hydrogens is 170 g/mol. The second-order valence-corrected chi connectivity index (χ2v) is 2.56. The molecule has 0 atom stereocenters. The molecule has 0 fully saturated rings. The van der Waals surface area contributed by atoms with Gasteiger partial charge in [0.1, 0.15) is 0 Å². The number of aromatic nitrogens is 1. The monoisotopic (exact) mass is 181 g/mol. The molecule has 0 aliphatic heterocycles. The van der Waals surface area contributed by atoms with E-state index in [0.717, 1.165) is 5.56 Å². The molecule has 0 bridgehead atoms. The number of hydrogen-bond donors (Lipinski definition) is 0. The van der Waals surface area contributed by atoms with E-state index in [2.05, 4.69) is 9.72 Å². The quantitative estimate of drug-likeness (QED) is 0.643. The molecule has 0 aromatic carbocycles. The number of ether oxygens (including phenoxy) is 2. The van der Waals surface area contributed by atoms with Gasteiger partial charge < -0.3 is 9.47 Å². The summed E-state index contributed by atoms with van der Waals surface area (Å²) in [6.07, 6.45) is 1.59. The maximum Gasteiger partial charge on any atom is 0.360 e. The highest BCUT2D eigenvalue weighted by Gasteiger charge is 2.13. The zero-order valence-corrected chi connectivity index (χ0v) is 7.83. The van der Waals surface area contributed by atoms with Gasteiger partial charge in [0.2, 0.25) is 0 Å². The number of nitrogens with zero attached hydrogens (tertiary/aromatic N) is 1. The first-order valence-electron chi connectivity index (χ1n) is 3.78. The van der Waals surface area contributed by atoms with Gasteiger partial charge in [0.05, 0.1) is 14.2 Å². The molecule has 0 spiro atoms. The first-order chi connectivity index (χ1) is 6.19. The minimum Gasteiger partial charge on any atom is -0.494 e. The summed E-state index contributed by atoms with van der Waals surface area (Å²) < 4.78 is 9.52. The van der Waals surface area contributed by atoms with Crippen molar-refractivity contribution >= 4 is 5.97 Å². The molecule has 70 valence electrons. The Morgan fingerprint density at radius 1 is 1.46 bits per heavy atom.